The number of anilines is 2. The summed E-state index contributed by atoms with van der Waals surface area (Å²) in [6, 6.07) is 9.65. The number of carboxylic acid groups (broad SMARTS) is 2. The first kappa shape index (κ1) is 27.9. The molecular weight excluding hydrogens is 491 g/mol. The monoisotopic (exact) mass is 517 g/mol. The van der Waals surface area contributed by atoms with E-state index in [1.54, 1.807) is 18.2 Å². The van der Waals surface area contributed by atoms with Crippen molar-refractivity contribution < 1.29 is 41.4 Å². The Hall–Kier alpha value is -3.32. The molecule has 192 valence electrons. The number of nitrogens with one attached hydrogen (secondary N) is 1. The van der Waals surface area contributed by atoms with Gasteiger partial charge in [0.25, 0.3) is 10.0 Å². The van der Waals surface area contributed by atoms with E-state index in [-0.39, 0.29) is 16.1 Å². The fourth-order valence-electron chi connectivity index (χ4n) is 3.14. The number of halogens is 3. The minimum atomic E-state index is -5.08. The summed E-state index contributed by atoms with van der Waals surface area (Å²) in [5.74, 6) is -3.93. The maximum Gasteiger partial charge on any atom is 0.490 e. The summed E-state index contributed by atoms with van der Waals surface area (Å²) in [5, 5.41) is 16.7. The Kier molecular flexibility index (Phi) is 8.74. The predicted molar refractivity (Wildman–Crippen MR) is 124 cm³/mol. The zero-order chi connectivity index (χ0) is 26.6. The maximum absolute atomic E-state index is 12.7. The van der Waals surface area contributed by atoms with E-state index in [9.17, 15) is 31.5 Å². The van der Waals surface area contributed by atoms with Crippen molar-refractivity contribution in [1.29, 1.82) is 0 Å². The molecule has 0 spiro atoms. The second-order valence-corrected chi connectivity index (χ2v) is 9.66. The zero-order valence-corrected chi connectivity index (χ0v) is 20.1. The fourth-order valence-corrected chi connectivity index (χ4v) is 4.31. The van der Waals surface area contributed by atoms with E-state index in [1.165, 1.54) is 18.2 Å². The summed E-state index contributed by atoms with van der Waals surface area (Å²) >= 11 is 0. The van der Waals surface area contributed by atoms with Gasteiger partial charge in [-0.1, -0.05) is 6.07 Å². The van der Waals surface area contributed by atoms with Crippen LogP contribution in [-0.2, 0) is 14.8 Å². The molecule has 1 aliphatic rings. The first-order valence-corrected chi connectivity index (χ1v) is 11.8. The van der Waals surface area contributed by atoms with Crippen LogP contribution in [0.4, 0.5) is 24.5 Å². The van der Waals surface area contributed by atoms with Crippen LogP contribution in [0.5, 0.6) is 0 Å². The van der Waals surface area contributed by atoms with Crippen LogP contribution in [-0.4, -0.2) is 74.9 Å². The number of benzene rings is 2. The Balaban J connectivity index is 0.000000540. The number of carboxylic acids is 2. The van der Waals surface area contributed by atoms with Gasteiger partial charge in [-0.05, 0) is 62.4 Å². The number of hydrogen-bond acceptors (Lipinski definition) is 6. The molecule has 1 heterocycles. The minimum Gasteiger partial charge on any atom is -0.478 e. The molecule has 0 bridgehead atoms. The third-order valence-electron chi connectivity index (χ3n) is 5.38. The highest BCUT2D eigenvalue weighted by molar-refractivity contribution is 7.92. The highest BCUT2D eigenvalue weighted by Crippen LogP contribution is 2.27. The number of hydrogen-bond donors (Lipinski definition) is 3. The lowest BCUT2D eigenvalue weighted by Crippen LogP contribution is -2.44. The summed E-state index contributed by atoms with van der Waals surface area (Å²) < 4.78 is 59.7. The summed E-state index contributed by atoms with van der Waals surface area (Å²) in [5.41, 5.74) is 2.61. The number of alkyl halides is 3. The van der Waals surface area contributed by atoms with Gasteiger partial charge < -0.3 is 20.0 Å². The Morgan fingerprint density at radius 1 is 0.943 bits per heavy atom. The molecule has 2 aromatic carbocycles. The van der Waals surface area contributed by atoms with Crippen LogP contribution in [0.2, 0.25) is 0 Å². The maximum atomic E-state index is 12.7. The molecule has 0 aromatic heterocycles. The van der Waals surface area contributed by atoms with Gasteiger partial charge in [-0.2, -0.15) is 13.2 Å². The summed E-state index contributed by atoms with van der Waals surface area (Å²) in [4.78, 5) is 25.1. The van der Waals surface area contributed by atoms with Gasteiger partial charge in [0.2, 0.25) is 0 Å². The number of carbonyl (C=O) groups is 2. The van der Waals surface area contributed by atoms with Gasteiger partial charge >= 0.3 is 18.1 Å². The van der Waals surface area contributed by atoms with Crippen LogP contribution in [0.1, 0.15) is 21.5 Å². The number of nitrogens with zero attached hydrogens (tertiary/aromatic N) is 2. The molecular formula is C22H26F3N3O6S. The van der Waals surface area contributed by atoms with Crippen LogP contribution in [0.25, 0.3) is 0 Å². The minimum absolute atomic E-state index is 0.0589. The molecule has 1 fully saturated rings. The third kappa shape index (κ3) is 7.59. The zero-order valence-electron chi connectivity index (χ0n) is 19.3. The van der Waals surface area contributed by atoms with Crippen LogP contribution in [0.3, 0.4) is 0 Å². The van der Waals surface area contributed by atoms with Crippen LogP contribution in [0.15, 0.2) is 41.3 Å². The summed E-state index contributed by atoms with van der Waals surface area (Å²) in [6.07, 6.45) is -5.08. The Morgan fingerprint density at radius 2 is 1.51 bits per heavy atom. The number of piperazine rings is 1. The second kappa shape index (κ2) is 11.0. The van der Waals surface area contributed by atoms with Gasteiger partial charge in [-0.15, -0.1) is 0 Å². The molecule has 3 N–H and O–H groups in total. The van der Waals surface area contributed by atoms with Gasteiger partial charge in [-0.3, -0.25) is 4.72 Å². The van der Waals surface area contributed by atoms with Gasteiger partial charge in [0.15, 0.2) is 0 Å². The molecule has 0 radical (unpaired) electrons. The van der Waals surface area contributed by atoms with E-state index in [0.29, 0.717) is 0 Å². The average Bonchev–Trinajstić information content (AvgIpc) is 2.76. The largest absolute Gasteiger partial charge is 0.490 e. The fraction of sp³-hybridized carbons (Fsp3) is 0.364. The number of aromatic carboxylic acids is 1. The second-order valence-electron chi connectivity index (χ2n) is 7.98. The van der Waals surface area contributed by atoms with E-state index in [0.717, 1.165) is 43.0 Å². The Morgan fingerprint density at radius 3 is 2.00 bits per heavy atom. The SMILES string of the molecule is Cc1ccc(S(=O)(=O)Nc2ccc(N3CCN(C)CC3)cc2C(=O)O)cc1C.O=C(O)C(F)(F)F. The molecule has 0 amide bonds. The number of rotatable bonds is 5. The van der Waals surface area contributed by atoms with Crippen LogP contribution >= 0.6 is 0 Å². The number of aliphatic carboxylic acids is 1. The standard InChI is InChI=1S/C20H25N3O4S.C2HF3O2/c1-14-4-6-17(12-15(14)2)28(26,27)21-19-7-5-16(13-18(19)20(24)25)23-10-8-22(3)9-11-23;3-2(4,5)1(6)7/h4-7,12-13,21H,8-11H2,1-3H3,(H,24,25);(H,6,7). The van der Waals surface area contributed by atoms with Crippen molar-refractivity contribution in [2.45, 2.75) is 24.9 Å². The molecule has 1 aliphatic heterocycles. The van der Waals surface area contributed by atoms with Crippen molar-refractivity contribution in [2.24, 2.45) is 0 Å². The Labute approximate surface area is 200 Å². The highest BCUT2D eigenvalue weighted by atomic mass is 32.2. The molecule has 0 saturated carbocycles. The molecule has 13 heteroatoms. The Bertz CT molecular complexity index is 1190. The lowest BCUT2D eigenvalue weighted by atomic mass is 10.1. The molecule has 9 nitrogen and oxygen atoms in total. The summed E-state index contributed by atoms with van der Waals surface area (Å²) in [6.45, 7) is 7.11. The quantitative estimate of drug-likeness (QED) is 0.552. The first-order valence-electron chi connectivity index (χ1n) is 10.3. The van der Waals surface area contributed by atoms with E-state index in [1.807, 2.05) is 20.9 Å². The van der Waals surface area contributed by atoms with Crippen LogP contribution in [0, 0.1) is 13.8 Å². The van der Waals surface area contributed by atoms with Crippen molar-refractivity contribution in [3.8, 4) is 0 Å². The highest BCUT2D eigenvalue weighted by Gasteiger charge is 2.38. The molecule has 2 aromatic rings. The van der Waals surface area contributed by atoms with E-state index in [2.05, 4.69) is 14.5 Å². The number of likely N-dealkylation sites (N-methyl/N-ethyl adjacent to an activating group) is 1. The predicted octanol–water partition coefficient (Wildman–Crippen LogP) is 3.19. The normalized spacial score (nSPS) is 14.6. The number of aryl methyl sites for hydroxylation is 2. The van der Waals surface area contributed by atoms with Crippen LogP contribution < -0.4 is 9.62 Å². The van der Waals surface area contributed by atoms with Crippen molar-refractivity contribution in [2.75, 3.05) is 42.8 Å². The van der Waals surface area contributed by atoms with Gasteiger partial charge in [-0.25, -0.2) is 18.0 Å². The van der Waals surface area contributed by atoms with E-state index in [4.69, 9.17) is 9.90 Å². The first-order chi connectivity index (χ1) is 16.1. The molecule has 0 unspecified atom stereocenters. The van der Waals surface area contributed by atoms with Gasteiger partial charge in [0.1, 0.15) is 0 Å². The smallest absolute Gasteiger partial charge is 0.478 e. The van der Waals surface area contributed by atoms with Gasteiger partial charge in [0.05, 0.1) is 16.1 Å². The lowest BCUT2D eigenvalue weighted by molar-refractivity contribution is -0.192. The average molecular weight is 518 g/mol. The molecule has 3 rings (SSSR count). The van der Waals surface area contributed by atoms with E-state index >= 15 is 0 Å². The molecule has 35 heavy (non-hydrogen) atoms. The molecule has 0 aliphatic carbocycles. The molecule has 0 atom stereocenters. The van der Waals surface area contributed by atoms with Crippen molar-refractivity contribution in [1.82, 2.24) is 4.90 Å². The molecule has 1 saturated heterocycles. The van der Waals surface area contributed by atoms with E-state index < -0.39 is 28.1 Å². The van der Waals surface area contributed by atoms with Gasteiger partial charge in [0, 0.05) is 31.9 Å². The van der Waals surface area contributed by atoms with Crippen molar-refractivity contribution in [3.05, 3.63) is 53.1 Å². The lowest BCUT2D eigenvalue weighted by Gasteiger charge is -2.34. The van der Waals surface area contributed by atoms with Crippen molar-refractivity contribution >= 4 is 33.3 Å². The summed E-state index contributed by atoms with van der Waals surface area (Å²) in [7, 11) is -1.84. The third-order valence-corrected chi connectivity index (χ3v) is 6.74. The topological polar surface area (TPSA) is 127 Å². The van der Waals surface area contributed by atoms with Crippen molar-refractivity contribution in [3.63, 3.8) is 0 Å². The number of sulfonamides is 1.